The van der Waals surface area contributed by atoms with E-state index < -0.39 is 0 Å². The van der Waals surface area contributed by atoms with Crippen molar-refractivity contribution in [3.8, 4) is 11.4 Å². The number of benzene rings is 1. The van der Waals surface area contributed by atoms with E-state index in [2.05, 4.69) is 15.4 Å². The van der Waals surface area contributed by atoms with Gasteiger partial charge in [-0.3, -0.25) is 4.79 Å². The van der Waals surface area contributed by atoms with Gasteiger partial charge in [0.2, 0.25) is 5.91 Å². The quantitative estimate of drug-likeness (QED) is 0.583. The number of anilines is 1. The number of hydrogen-bond donors (Lipinski definition) is 2. The highest BCUT2D eigenvalue weighted by Gasteiger charge is 2.07. The van der Waals surface area contributed by atoms with E-state index in [0.717, 1.165) is 5.56 Å². The van der Waals surface area contributed by atoms with Crippen LogP contribution in [-0.4, -0.2) is 40.9 Å². The summed E-state index contributed by atoms with van der Waals surface area (Å²) < 4.78 is 6.34. The summed E-state index contributed by atoms with van der Waals surface area (Å²) in [7, 11) is 1.58. The maximum absolute atomic E-state index is 11.6. The number of carbonyl (C=O) groups is 1. The van der Waals surface area contributed by atoms with E-state index in [0.29, 0.717) is 24.7 Å². The summed E-state index contributed by atoms with van der Waals surface area (Å²) in [5, 5.41) is 6.97. The van der Waals surface area contributed by atoms with Crippen molar-refractivity contribution in [2.24, 2.45) is 0 Å². The molecule has 3 N–H and O–H groups in total. The third-order valence-corrected chi connectivity index (χ3v) is 2.62. The number of amides is 1. The van der Waals surface area contributed by atoms with Crippen LogP contribution < -0.4 is 11.1 Å². The van der Waals surface area contributed by atoms with E-state index in [1.165, 1.54) is 11.0 Å². The second-order valence-electron chi connectivity index (χ2n) is 4.23. The Morgan fingerprint density at radius 2 is 2.35 bits per heavy atom. The number of methoxy groups -OCH3 is 1. The van der Waals surface area contributed by atoms with Crippen molar-refractivity contribution in [1.29, 1.82) is 0 Å². The molecule has 1 aromatic carbocycles. The fourth-order valence-corrected chi connectivity index (χ4v) is 1.68. The lowest BCUT2D eigenvalue weighted by Crippen LogP contribution is -2.30. The molecular weight excluding hydrogens is 258 g/mol. The average molecular weight is 275 g/mol. The molecule has 0 saturated carbocycles. The first-order chi connectivity index (χ1) is 9.69. The van der Waals surface area contributed by atoms with Crippen LogP contribution in [0.15, 0.2) is 30.6 Å². The SMILES string of the molecule is COCCNC(=O)Cn1cnc(-c2cccc(N)c2)n1. The third kappa shape index (κ3) is 3.79. The number of nitrogens with two attached hydrogens (primary N) is 1. The fourth-order valence-electron chi connectivity index (χ4n) is 1.68. The minimum atomic E-state index is -0.133. The zero-order valence-corrected chi connectivity index (χ0v) is 11.2. The molecule has 0 saturated heterocycles. The maximum atomic E-state index is 11.6. The number of nitrogens with zero attached hydrogens (tertiary/aromatic N) is 3. The molecule has 1 amide bonds. The van der Waals surface area contributed by atoms with Crippen molar-refractivity contribution >= 4 is 11.6 Å². The normalized spacial score (nSPS) is 10.4. The van der Waals surface area contributed by atoms with Crippen molar-refractivity contribution in [1.82, 2.24) is 20.1 Å². The molecular formula is C13H17N5O2. The van der Waals surface area contributed by atoms with Crippen LogP contribution >= 0.6 is 0 Å². The topological polar surface area (TPSA) is 95.1 Å². The van der Waals surface area contributed by atoms with E-state index >= 15 is 0 Å². The summed E-state index contributed by atoms with van der Waals surface area (Å²) in [5.41, 5.74) is 7.19. The molecule has 0 aliphatic carbocycles. The van der Waals surface area contributed by atoms with Crippen LogP contribution in [0.4, 0.5) is 5.69 Å². The largest absolute Gasteiger partial charge is 0.399 e. The number of ether oxygens (including phenoxy) is 1. The minimum absolute atomic E-state index is 0.124. The van der Waals surface area contributed by atoms with E-state index in [-0.39, 0.29) is 12.5 Å². The van der Waals surface area contributed by atoms with Gasteiger partial charge in [0.1, 0.15) is 12.9 Å². The predicted molar refractivity (Wildman–Crippen MR) is 74.8 cm³/mol. The molecule has 0 bridgehead atoms. The summed E-state index contributed by atoms with van der Waals surface area (Å²) in [5.74, 6) is 0.410. The molecule has 1 heterocycles. The Labute approximate surface area is 116 Å². The molecule has 0 aliphatic rings. The molecule has 0 aliphatic heterocycles. The Morgan fingerprint density at radius 3 is 3.10 bits per heavy atom. The molecule has 20 heavy (non-hydrogen) atoms. The summed E-state index contributed by atoms with van der Waals surface area (Å²) in [6.45, 7) is 1.09. The lowest BCUT2D eigenvalue weighted by molar-refractivity contribution is -0.122. The lowest BCUT2D eigenvalue weighted by Gasteiger charge is -2.03. The van der Waals surface area contributed by atoms with Crippen LogP contribution in [0.3, 0.4) is 0 Å². The Bertz CT molecular complexity index is 582. The number of nitrogen functional groups attached to an aromatic ring is 1. The fraction of sp³-hybridized carbons (Fsp3) is 0.308. The molecule has 7 heteroatoms. The lowest BCUT2D eigenvalue weighted by atomic mass is 10.2. The second kappa shape index (κ2) is 6.67. The van der Waals surface area contributed by atoms with E-state index in [4.69, 9.17) is 10.5 Å². The van der Waals surface area contributed by atoms with Crippen LogP contribution in [0.1, 0.15) is 0 Å². The molecule has 0 radical (unpaired) electrons. The maximum Gasteiger partial charge on any atom is 0.241 e. The highest BCUT2D eigenvalue weighted by Crippen LogP contribution is 2.16. The highest BCUT2D eigenvalue weighted by atomic mass is 16.5. The van der Waals surface area contributed by atoms with Crippen molar-refractivity contribution in [3.63, 3.8) is 0 Å². The van der Waals surface area contributed by atoms with Gasteiger partial charge in [0, 0.05) is 24.9 Å². The Balaban J connectivity index is 1.97. The van der Waals surface area contributed by atoms with E-state index in [1.807, 2.05) is 12.1 Å². The molecule has 7 nitrogen and oxygen atoms in total. The smallest absolute Gasteiger partial charge is 0.241 e. The molecule has 1 aromatic heterocycles. The summed E-state index contributed by atoms with van der Waals surface area (Å²) in [4.78, 5) is 15.8. The van der Waals surface area contributed by atoms with Gasteiger partial charge in [-0.15, -0.1) is 0 Å². The van der Waals surface area contributed by atoms with Gasteiger partial charge >= 0.3 is 0 Å². The van der Waals surface area contributed by atoms with Gasteiger partial charge in [-0.05, 0) is 12.1 Å². The van der Waals surface area contributed by atoms with Gasteiger partial charge in [0.25, 0.3) is 0 Å². The van der Waals surface area contributed by atoms with Gasteiger partial charge in [0.15, 0.2) is 5.82 Å². The molecule has 0 unspecified atom stereocenters. The van der Waals surface area contributed by atoms with Gasteiger partial charge in [0.05, 0.1) is 6.61 Å². The molecule has 0 atom stereocenters. The van der Waals surface area contributed by atoms with E-state index in [1.54, 1.807) is 19.2 Å². The number of aromatic nitrogens is 3. The highest BCUT2D eigenvalue weighted by molar-refractivity contribution is 5.75. The molecule has 0 fully saturated rings. The average Bonchev–Trinajstić information content (AvgIpc) is 2.87. The first-order valence-corrected chi connectivity index (χ1v) is 6.20. The number of rotatable bonds is 6. The van der Waals surface area contributed by atoms with Crippen LogP contribution in [0.2, 0.25) is 0 Å². The summed E-state index contributed by atoms with van der Waals surface area (Å²) in [6.07, 6.45) is 1.52. The number of hydrogen-bond acceptors (Lipinski definition) is 5. The van der Waals surface area contributed by atoms with Gasteiger partial charge < -0.3 is 15.8 Å². The number of carbonyl (C=O) groups excluding carboxylic acids is 1. The second-order valence-corrected chi connectivity index (χ2v) is 4.23. The van der Waals surface area contributed by atoms with Crippen molar-refractivity contribution in [3.05, 3.63) is 30.6 Å². The van der Waals surface area contributed by atoms with Crippen LogP contribution in [-0.2, 0) is 16.1 Å². The van der Waals surface area contributed by atoms with Crippen molar-refractivity contribution in [2.45, 2.75) is 6.54 Å². The first kappa shape index (κ1) is 14.0. The van der Waals surface area contributed by atoms with Crippen molar-refractivity contribution < 1.29 is 9.53 Å². The Hall–Kier alpha value is -2.41. The summed E-state index contributed by atoms with van der Waals surface area (Å²) in [6, 6.07) is 7.29. The van der Waals surface area contributed by atoms with Crippen molar-refractivity contribution in [2.75, 3.05) is 26.0 Å². The van der Waals surface area contributed by atoms with E-state index in [9.17, 15) is 4.79 Å². The number of nitrogens with one attached hydrogen (secondary N) is 1. The Kier molecular flexibility index (Phi) is 4.67. The van der Waals surface area contributed by atoms with Crippen LogP contribution in [0.25, 0.3) is 11.4 Å². The molecule has 2 rings (SSSR count). The monoisotopic (exact) mass is 275 g/mol. The van der Waals surface area contributed by atoms with Crippen LogP contribution in [0.5, 0.6) is 0 Å². The van der Waals surface area contributed by atoms with Gasteiger partial charge in [-0.1, -0.05) is 12.1 Å². The zero-order chi connectivity index (χ0) is 14.4. The first-order valence-electron chi connectivity index (χ1n) is 6.20. The minimum Gasteiger partial charge on any atom is -0.399 e. The Morgan fingerprint density at radius 1 is 1.50 bits per heavy atom. The van der Waals surface area contributed by atoms with Crippen LogP contribution in [0, 0.1) is 0 Å². The zero-order valence-electron chi connectivity index (χ0n) is 11.2. The molecule has 106 valence electrons. The van der Waals surface area contributed by atoms with Gasteiger partial charge in [-0.25, -0.2) is 9.67 Å². The van der Waals surface area contributed by atoms with Gasteiger partial charge in [-0.2, -0.15) is 5.10 Å². The predicted octanol–water partition coefficient (Wildman–Crippen LogP) is 0.290. The molecule has 2 aromatic rings. The summed E-state index contributed by atoms with van der Waals surface area (Å²) >= 11 is 0. The third-order valence-electron chi connectivity index (χ3n) is 2.62. The standard InChI is InChI=1S/C13H17N5O2/c1-20-6-5-15-12(19)8-18-9-16-13(17-18)10-3-2-4-11(14)7-10/h2-4,7,9H,5-6,8,14H2,1H3,(H,15,19). The molecule has 0 spiro atoms.